The van der Waals surface area contributed by atoms with Crippen molar-refractivity contribution in [1.29, 1.82) is 0 Å². The Balaban J connectivity index is 3.80. The van der Waals surface area contributed by atoms with Gasteiger partial charge >= 0.3 is 0 Å². The van der Waals surface area contributed by atoms with Crippen LogP contribution < -0.4 is 5.32 Å². The lowest BCUT2D eigenvalue weighted by Gasteiger charge is -2.26. The minimum Gasteiger partial charge on any atom is -0.312 e. The van der Waals surface area contributed by atoms with Crippen LogP contribution >= 0.6 is 0 Å². The Morgan fingerprint density at radius 3 is 2.07 bits per heavy atom. The Kier molecular flexibility index (Phi) is 5.23. The van der Waals surface area contributed by atoms with Crippen LogP contribution in [0.25, 0.3) is 0 Å². The van der Waals surface area contributed by atoms with E-state index < -0.39 is 0 Å². The van der Waals surface area contributed by atoms with Crippen molar-refractivity contribution in [3.63, 3.8) is 0 Å². The van der Waals surface area contributed by atoms with Crippen LogP contribution in [-0.4, -0.2) is 12.1 Å². The Morgan fingerprint density at radius 2 is 1.64 bits per heavy atom. The van der Waals surface area contributed by atoms with Gasteiger partial charge in [-0.2, -0.15) is 0 Å². The second kappa shape index (κ2) is 5.41. The molecule has 0 saturated heterocycles. The summed E-state index contributed by atoms with van der Waals surface area (Å²) in [6, 6.07) is 0. The molecule has 14 heavy (non-hydrogen) atoms. The molecular formula is C13H25N. The van der Waals surface area contributed by atoms with E-state index in [1.54, 1.807) is 0 Å². The van der Waals surface area contributed by atoms with E-state index in [-0.39, 0.29) is 5.54 Å². The molecule has 82 valence electrons. The average molecular weight is 195 g/mol. The SMILES string of the molecule is CC#CCC(C)(C)CCNC(C)(C)C. The van der Waals surface area contributed by atoms with Gasteiger partial charge in [0.25, 0.3) is 0 Å². The first-order valence-corrected chi connectivity index (χ1v) is 5.41. The van der Waals surface area contributed by atoms with Crippen molar-refractivity contribution in [1.82, 2.24) is 5.32 Å². The lowest BCUT2D eigenvalue weighted by Crippen LogP contribution is -2.37. The molecule has 0 saturated carbocycles. The predicted molar refractivity (Wildman–Crippen MR) is 64.2 cm³/mol. The molecule has 0 aliphatic carbocycles. The van der Waals surface area contributed by atoms with Gasteiger partial charge in [0.2, 0.25) is 0 Å². The van der Waals surface area contributed by atoms with Crippen LogP contribution in [0.4, 0.5) is 0 Å². The van der Waals surface area contributed by atoms with Gasteiger partial charge in [-0.25, -0.2) is 0 Å². The van der Waals surface area contributed by atoms with E-state index in [2.05, 4.69) is 51.8 Å². The molecule has 0 aromatic rings. The summed E-state index contributed by atoms with van der Waals surface area (Å²) in [5.74, 6) is 6.12. The van der Waals surface area contributed by atoms with Crippen LogP contribution in [-0.2, 0) is 0 Å². The van der Waals surface area contributed by atoms with Crippen molar-refractivity contribution in [2.45, 2.75) is 59.9 Å². The second-order valence-electron chi connectivity index (χ2n) is 5.69. The van der Waals surface area contributed by atoms with Crippen molar-refractivity contribution >= 4 is 0 Å². The van der Waals surface area contributed by atoms with Crippen molar-refractivity contribution in [3.8, 4) is 11.8 Å². The Labute approximate surface area is 89.7 Å². The summed E-state index contributed by atoms with van der Waals surface area (Å²) in [7, 11) is 0. The van der Waals surface area contributed by atoms with Crippen molar-refractivity contribution < 1.29 is 0 Å². The van der Waals surface area contributed by atoms with Gasteiger partial charge in [0.1, 0.15) is 0 Å². The lowest BCUT2D eigenvalue weighted by molar-refractivity contribution is 0.311. The van der Waals surface area contributed by atoms with E-state index in [0.717, 1.165) is 13.0 Å². The fraction of sp³-hybridized carbons (Fsp3) is 0.846. The molecule has 0 unspecified atom stereocenters. The summed E-state index contributed by atoms with van der Waals surface area (Å²) >= 11 is 0. The van der Waals surface area contributed by atoms with E-state index in [1.165, 1.54) is 6.42 Å². The zero-order valence-corrected chi connectivity index (χ0v) is 10.6. The molecule has 0 bridgehead atoms. The van der Waals surface area contributed by atoms with Crippen molar-refractivity contribution in [3.05, 3.63) is 0 Å². The summed E-state index contributed by atoms with van der Waals surface area (Å²) in [4.78, 5) is 0. The van der Waals surface area contributed by atoms with Gasteiger partial charge < -0.3 is 5.32 Å². The van der Waals surface area contributed by atoms with Crippen LogP contribution in [0.1, 0.15) is 54.4 Å². The molecule has 0 rings (SSSR count). The van der Waals surface area contributed by atoms with E-state index in [4.69, 9.17) is 0 Å². The molecule has 0 atom stereocenters. The maximum atomic E-state index is 3.51. The molecule has 0 radical (unpaired) electrons. The third kappa shape index (κ3) is 8.13. The normalized spacial score (nSPS) is 12.1. The van der Waals surface area contributed by atoms with Gasteiger partial charge in [-0.3, -0.25) is 0 Å². The van der Waals surface area contributed by atoms with Crippen LogP contribution in [0.15, 0.2) is 0 Å². The topological polar surface area (TPSA) is 12.0 Å². The van der Waals surface area contributed by atoms with Crippen LogP contribution in [0.5, 0.6) is 0 Å². The number of hydrogen-bond acceptors (Lipinski definition) is 1. The first-order chi connectivity index (χ1) is 6.27. The van der Waals surface area contributed by atoms with Crippen LogP contribution in [0.3, 0.4) is 0 Å². The fourth-order valence-corrected chi connectivity index (χ4v) is 1.19. The molecule has 0 aliphatic heterocycles. The van der Waals surface area contributed by atoms with Gasteiger partial charge in [-0.1, -0.05) is 13.8 Å². The third-order valence-electron chi connectivity index (χ3n) is 2.20. The Morgan fingerprint density at radius 1 is 1.07 bits per heavy atom. The van der Waals surface area contributed by atoms with Crippen molar-refractivity contribution in [2.24, 2.45) is 5.41 Å². The standard InChI is InChI=1S/C13H25N/c1-7-8-9-13(5,6)10-11-14-12(2,3)4/h14H,9-11H2,1-6H3. The van der Waals surface area contributed by atoms with Gasteiger partial charge in [-0.15, -0.1) is 11.8 Å². The quantitative estimate of drug-likeness (QED) is 0.679. The molecule has 1 heteroatoms. The highest BCUT2D eigenvalue weighted by Gasteiger charge is 2.17. The minimum atomic E-state index is 0.229. The maximum absolute atomic E-state index is 3.51. The smallest absolute Gasteiger partial charge is 0.0140 e. The zero-order valence-electron chi connectivity index (χ0n) is 10.6. The number of rotatable bonds is 4. The zero-order chi connectivity index (χ0) is 11.2. The molecule has 0 spiro atoms. The number of nitrogens with one attached hydrogen (secondary N) is 1. The Bertz CT molecular complexity index is 210. The summed E-state index contributed by atoms with van der Waals surface area (Å²) < 4.78 is 0. The summed E-state index contributed by atoms with van der Waals surface area (Å²) in [5, 5.41) is 3.51. The van der Waals surface area contributed by atoms with Gasteiger partial charge in [0.15, 0.2) is 0 Å². The summed E-state index contributed by atoms with van der Waals surface area (Å²) in [5.41, 5.74) is 0.563. The molecule has 0 aliphatic rings. The molecule has 0 fully saturated rings. The minimum absolute atomic E-state index is 0.229. The van der Waals surface area contributed by atoms with E-state index in [9.17, 15) is 0 Å². The number of hydrogen-bond donors (Lipinski definition) is 1. The first kappa shape index (κ1) is 13.5. The van der Waals surface area contributed by atoms with Crippen molar-refractivity contribution in [2.75, 3.05) is 6.54 Å². The molecule has 1 nitrogen and oxygen atoms in total. The molecule has 0 aromatic carbocycles. The summed E-state index contributed by atoms with van der Waals surface area (Å²) in [6.45, 7) is 14.1. The first-order valence-electron chi connectivity index (χ1n) is 5.41. The van der Waals surface area contributed by atoms with Crippen LogP contribution in [0.2, 0.25) is 0 Å². The monoisotopic (exact) mass is 195 g/mol. The average Bonchev–Trinajstić information content (AvgIpc) is 1.98. The molecule has 0 heterocycles. The van der Waals surface area contributed by atoms with Crippen LogP contribution in [0, 0.1) is 17.3 Å². The van der Waals surface area contributed by atoms with E-state index in [1.807, 2.05) is 6.92 Å². The van der Waals surface area contributed by atoms with E-state index >= 15 is 0 Å². The third-order valence-corrected chi connectivity index (χ3v) is 2.20. The highest BCUT2D eigenvalue weighted by atomic mass is 14.9. The molecule has 1 N–H and O–H groups in total. The van der Waals surface area contributed by atoms with Gasteiger partial charge in [0, 0.05) is 12.0 Å². The highest BCUT2D eigenvalue weighted by Crippen LogP contribution is 2.23. The van der Waals surface area contributed by atoms with Gasteiger partial charge in [-0.05, 0) is 46.1 Å². The largest absolute Gasteiger partial charge is 0.312 e. The lowest BCUT2D eigenvalue weighted by atomic mass is 9.85. The molecule has 0 amide bonds. The predicted octanol–water partition coefficient (Wildman–Crippen LogP) is 3.20. The Hall–Kier alpha value is -0.480. The fourth-order valence-electron chi connectivity index (χ4n) is 1.19. The highest BCUT2D eigenvalue weighted by molar-refractivity contribution is 4.98. The van der Waals surface area contributed by atoms with Gasteiger partial charge in [0.05, 0.1) is 0 Å². The molecule has 0 aromatic heterocycles. The maximum Gasteiger partial charge on any atom is 0.0140 e. The second-order valence-corrected chi connectivity index (χ2v) is 5.69. The van der Waals surface area contributed by atoms with E-state index in [0.29, 0.717) is 5.41 Å². The summed E-state index contributed by atoms with van der Waals surface area (Å²) in [6.07, 6.45) is 2.17. The molecular weight excluding hydrogens is 170 g/mol.